The Labute approximate surface area is 215 Å². The van der Waals surface area contributed by atoms with Gasteiger partial charge in [-0.05, 0) is 48.4 Å². The number of methoxy groups -OCH3 is 2. The van der Waals surface area contributed by atoms with E-state index in [1.807, 2.05) is 48.5 Å². The van der Waals surface area contributed by atoms with E-state index in [9.17, 15) is 4.79 Å². The minimum Gasteiger partial charge on any atom is -0.497 e. The molecule has 186 valence electrons. The SMILES string of the molecule is COCCNC(=O)c1cccc(CCNc2nc3ccccc3nc2Nc2cc(OC)ccc2Cl)c1. The molecule has 8 nitrogen and oxygen atoms in total. The number of nitrogens with zero attached hydrogens (tertiary/aromatic N) is 2. The number of para-hydroxylation sites is 2. The summed E-state index contributed by atoms with van der Waals surface area (Å²) in [5.41, 5.74) is 3.84. The fourth-order valence-corrected chi connectivity index (χ4v) is 3.79. The maximum absolute atomic E-state index is 12.4. The van der Waals surface area contributed by atoms with Crippen LogP contribution in [0.15, 0.2) is 66.7 Å². The summed E-state index contributed by atoms with van der Waals surface area (Å²) in [6.45, 7) is 1.52. The molecule has 0 fully saturated rings. The maximum Gasteiger partial charge on any atom is 0.251 e. The summed E-state index contributed by atoms with van der Waals surface area (Å²) >= 11 is 6.41. The van der Waals surface area contributed by atoms with Crippen molar-refractivity contribution in [3.05, 3.63) is 82.9 Å². The summed E-state index contributed by atoms with van der Waals surface area (Å²) in [5.74, 6) is 1.70. The Balaban J connectivity index is 1.51. The summed E-state index contributed by atoms with van der Waals surface area (Å²) in [4.78, 5) is 21.9. The van der Waals surface area contributed by atoms with Gasteiger partial charge in [0.1, 0.15) is 5.75 Å². The van der Waals surface area contributed by atoms with Crippen LogP contribution in [0.2, 0.25) is 5.02 Å². The lowest BCUT2D eigenvalue weighted by Crippen LogP contribution is -2.27. The van der Waals surface area contributed by atoms with Crippen LogP contribution in [0.25, 0.3) is 11.0 Å². The van der Waals surface area contributed by atoms with E-state index in [2.05, 4.69) is 16.0 Å². The van der Waals surface area contributed by atoms with Crippen LogP contribution in [0.1, 0.15) is 15.9 Å². The summed E-state index contributed by atoms with van der Waals surface area (Å²) in [6, 6.07) is 20.6. The molecule has 0 atom stereocenters. The van der Waals surface area contributed by atoms with Crippen molar-refractivity contribution < 1.29 is 14.3 Å². The van der Waals surface area contributed by atoms with Crippen LogP contribution in [0.4, 0.5) is 17.3 Å². The predicted molar refractivity (Wildman–Crippen MR) is 144 cm³/mol. The molecular formula is C27H28ClN5O3. The number of anilines is 3. The predicted octanol–water partition coefficient (Wildman–Crippen LogP) is 5.07. The van der Waals surface area contributed by atoms with Gasteiger partial charge in [-0.2, -0.15) is 0 Å². The smallest absolute Gasteiger partial charge is 0.251 e. The number of aromatic nitrogens is 2. The Kier molecular flexibility index (Phi) is 8.54. The first kappa shape index (κ1) is 25.2. The van der Waals surface area contributed by atoms with Gasteiger partial charge in [-0.15, -0.1) is 0 Å². The number of ether oxygens (including phenoxy) is 2. The maximum atomic E-state index is 12.4. The highest BCUT2D eigenvalue weighted by Gasteiger charge is 2.12. The van der Waals surface area contributed by atoms with Crippen LogP contribution < -0.4 is 20.7 Å². The molecule has 1 heterocycles. The third kappa shape index (κ3) is 6.41. The van der Waals surface area contributed by atoms with E-state index in [4.69, 9.17) is 31.0 Å². The number of carbonyl (C=O) groups is 1. The van der Waals surface area contributed by atoms with E-state index in [1.54, 1.807) is 32.4 Å². The highest BCUT2D eigenvalue weighted by molar-refractivity contribution is 6.33. The molecule has 0 saturated heterocycles. The van der Waals surface area contributed by atoms with Crippen molar-refractivity contribution in [3.8, 4) is 5.75 Å². The molecule has 0 aliphatic carbocycles. The summed E-state index contributed by atoms with van der Waals surface area (Å²) < 4.78 is 10.3. The normalized spacial score (nSPS) is 10.8. The third-order valence-corrected chi connectivity index (χ3v) is 5.81. The zero-order chi connectivity index (χ0) is 25.3. The highest BCUT2D eigenvalue weighted by atomic mass is 35.5. The quantitative estimate of drug-likeness (QED) is 0.245. The Hall–Kier alpha value is -3.88. The van der Waals surface area contributed by atoms with Crippen LogP contribution in [0.5, 0.6) is 5.75 Å². The van der Waals surface area contributed by atoms with E-state index >= 15 is 0 Å². The lowest BCUT2D eigenvalue weighted by molar-refractivity contribution is 0.0937. The van der Waals surface area contributed by atoms with Crippen molar-refractivity contribution in [3.63, 3.8) is 0 Å². The van der Waals surface area contributed by atoms with Crippen LogP contribution in [0, 0.1) is 0 Å². The number of halogens is 1. The molecule has 36 heavy (non-hydrogen) atoms. The van der Waals surface area contributed by atoms with Crippen molar-refractivity contribution in [2.75, 3.05) is 44.5 Å². The molecule has 0 saturated carbocycles. The molecule has 9 heteroatoms. The minimum absolute atomic E-state index is 0.121. The van der Waals surface area contributed by atoms with Crippen molar-refractivity contribution in [2.24, 2.45) is 0 Å². The Morgan fingerprint density at radius 2 is 1.69 bits per heavy atom. The average molecular weight is 506 g/mol. The topological polar surface area (TPSA) is 97.4 Å². The van der Waals surface area contributed by atoms with Crippen LogP contribution in [-0.4, -0.2) is 49.8 Å². The summed E-state index contributed by atoms with van der Waals surface area (Å²) in [7, 11) is 3.21. The van der Waals surface area contributed by atoms with E-state index in [1.165, 1.54) is 0 Å². The lowest BCUT2D eigenvalue weighted by Gasteiger charge is -2.15. The standard InChI is InChI=1S/C27H28ClN5O3/c1-35-15-14-30-27(34)19-7-5-6-18(16-19)12-13-29-25-26(32-23-9-4-3-8-22(23)31-25)33-24-17-20(36-2)10-11-21(24)28/h3-11,16-17H,12-15H2,1-2H3,(H,29,31)(H,30,34)(H,32,33). The number of fused-ring (bicyclic) bond motifs is 1. The van der Waals surface area contributed by atoms with E-state index in [-0.39, 0.29) is 5.91 Å². The Bertz CT molecular complexity index is 1350. The number of amides is 1. The number of hydrogen-bond acceptors (Lipinski definition) is 7. The van der Waals surface area contributed by atoms with Gasteiger partial charge in [0.2, 0.25) is 0 Å². The molecule has 3 aromatic carbocycles. The number of hydrogen-bond donors (Lipinski definition) is 3. The van der Waals surface area contributed by atoms with Crippen molar-refractivity contribution in [1.29, 1.82) is 0 Å². The monoisotopic (exact) mass is 505 g/mol. The molecule has 4 aromatic rings. The third-order valence-electron chi connectivity index (χ3n) is 5.48. The van der Waals surface area contributed by atoms with E-state index < -0.39 is 0 Å². The largest absolute Gasteiger partial charge is 0.497 e. The first-order valence-electron chi connectivity index (χ1n) is 11.5. The zero-order valence-electron chi connectivity index (χ0n) is 20.2. The van der Waals surface area contributed by atoms with Gasteiger partial charge < -0.3 is 25.4 Å². The minimum atomic E-state index is -0.121. The van der Waals surface area contributed by atoms with Gasteiger partial charge in [0.15, 0.2) is 11.6 Å². The fourth-order valence-electron chi connectivity index (χ4n) is 3.63. The van der Waals surface area contributed by atoms with Crippen LogP contribution in [-0.2, 0) is 11.2 Å². The van der Waals surface area contributed by atoms with E-state index in [0.29, 0.717) is 59.8 Å². The molecule has 1 amide bonds. The Morgan fingerprint density at radius 1 is 0.917 bits per heavy atom. The fraction of sp³-hybridized carbons (Fsp3) is 0.222. The molecule has 0 spiro atoms. The molecule has 0 bridgehead atoms. The van der Waals surface area contributed by atoms with E-state index in [0.717, 1.165) is 16.6 Å². The second-order valence-corrected chi connectivity index (χ2v) is 8.41. The molecule has 0 aliphatic heterocycles. The van der Waals surface area contributed by atoms with Gasteiger partial charge in [-0.1, -0.05) is 35.9 Å². The number of nitrogens with one attached hydrogen (secondary N) is 3. The number of rotatable bonds is 11. The van der Waals surface area contributed by atoms with Crippen LogP contribution in [0.3, 0.4) is 0 Å². The van der Waals surface area contributed by atoms with Gasteiger partial charge in [0.25, 0.3) is 5.91 Å². The van der Waals surface area contributed by atoms with Gasteiger partial charge in [-0.3, -0.25) is 4.79 Å². The average Bonchev–Trinajstić information content (AvgIpc) is 2.90. The molecule has 1 aromatic heterocycles. The van der Waals surface area contributed by atoms with Crippen molar-refractivity contribution in [2.45, 2.75) is 6.42 Å². The second-order valence-electron chi connectivity index (χ2n) is 8.01. The van der Waals surface area contributed by atoms with Gasteiger partial charge >= 0.3 is 0 Å². The number of benzene rings is 3. The molecule has 4 rings (SSSR count). The van der Waals surface area contributed by atoms with Crippen LogP contribution >= 0.6 is 11.6 Å². The number of carbonyl (C=O) groups excluding carboxylic acids is 1. The molecule has 3 N–H and O–H groups in total. The zero-order valence-corrected chi connectivity index (χ0v) is 20.9. The second kappa shape index (κ2) is 12.2. The molecular weight excluding hydrogens is 478 g/mol. The summed E-state index contributed by atoms with van der Waals surface area (Å²) in [6.07, 6.45) is 0.688. The van der Waals surface area contributed by atoms with Crippen molar-refractivity contribution in [1.82, 2.24) is 15.3 Å². The molecule has 0 unspecified atom stereocenters. The van der Waals surface area contributed by atoms with Gasteiger partial charge in [-0.25, -0.2) is 9.97 Å². The Morgan fingerprint density at radius 3 is 2.44 bits per heavy atom. The first-order valence-corrected chi connectivity index (χ1v) is 11.9. The van der Waals surface area contributed by atoms with Gasteiger partial charge in [0.05, 0.1) is 35.5 Å². The van der Waals surface area contributed by atoms with Gasteiger partial charge in [0, 0.05) is 31.8 Å². The lowest BCUT2D eigenvalue weighted by atomic mass is 10.1. The highest BCUT2D eigenvalue weighted by Crippen LogP contribution is 2.32. The molecule has 0 radical (unpaired) electrons. The first-order chi connectivity index (χ1) is 17.6. The van der Waals surface area contributed by atoms with Crippen molar-refractivity contribution >= 4 is 45.9 Å². The molecule has 0 aliphatic rings. The summed E-state index contributed by atoms with van der Waals surface area (Å²) in [5, 5.41) is 10.1.